The van der Waals surface area contributed by atoms with E-state index in [4.69, 9.17) is 4.74 Å². The summed E-state index contributed by atoms with van der Waals surface area (Å²) in [5, 5.41) is 14.9. The van der Waals surface area contributed by atoms with Gasteiger partial charge in [0.1, 0.15) is 18.2 Å². The summed E-state index contributed by atoms with van der Waals surface area (Å²) in [7, 11) is 0. The summed E-state index contributed by atoms with van der Waals surface area (Å²) in [6.07, 6.45) is -0.731. The average molecular weight is 422 g/mol. The highest BCUT2D eigenvalue weighted by molar-refractivity contribution is 5.90. The van der Waals surface area contributed by atoms with Crippen molar-refractivity contribution in [3.8, 4) is 0 Å². The summed E-state index contributed by atoms with van der Waals surface area (Å²) >= 11 is 0. The lowest BCUT2D eigenvalue weighted by Gasteiger charge is -2.33. The molecule has 30 heavy (non-hydrogen) atoms. The summed E-state index contributed by atoms with van der Waals surface area (Å²) in [4.78, 5) is 39.2. The Morgan fingerprint density at radius 3 is 2.27 bits per heavy atom. The molecule has 8 heteroatoms. The zero-order valence-electron chi connectivity index (χ0n) is 19.0. The number of aliphatic hydroxyl groups is 1. The van der Waals surface area contributed by atoms with E-state index >= 15 is 0 Å². The average Bonchev–Trinajstić information content (AvgIpc) is 2.56. The normalized spacial score (nSPS) is 12.7. The van der Waals surface area contributed by atoms with E-state index in [1.165, 1.54) is 4.90 Å². The molecule has 8 nitrogen and oxygen atoms in total. The molecule has 0 aliphatic heterocycles. The van der Waals surface area contributed by atoms with Crippen LogP contribution in [0.25, 0.3) is 0 Å². The van der Waals surface area contributed by atoms with E-state index < -0.39 is 29.2 Å². The van der Waals surface area contributed by atoms with Crippen molar-refractivity contribution in [2.45, 2.75) is 65.6 Å². The summed E-state index contributed by atoms with van der Waals surface area (Å²) < 4.78 is 5.15. The van der Waals surface area contributed by atoms with Gasteiger partial charge in [-0.3, -0.25) is 9.59 Å². The molecule has 3 N–H and O–H groups in total. The highest BCUT2D eigenvalue weighted by Gasteiger charge is 2.33. The van der Waals surface area contributed by atoms with Crippen LogP contribution in [-0.4, -0.2) is 58.8 Å². The Labute approximate surface area is 179 Å². The van der Waals surface area contributed by atoms with Crippen LogP contribution in [0.15, 0.2) is 24.3 Å². The number of aliphatic hydroxyl groups excluding tert-OH is 1. The van der Waals surface area contributed by atoms with Gasteiger partial charge in [-0.1, -0.05) is 29.8 Å². The fraction of sp³-hybridized carbons (Fsp3) is 0.591. The quantitative estimate of drug-likeness (QED) is 0.626. The number of hydrogen-bond donors (Lipinski definition) is 3. The molecule has 0 spiro atoms. The van der Waals surface area contributed by atoms with E-state index in [-0.39, 0.29) is 25.6 Å². The van der Waals surface area contributed by atoms with Crippen molar-refractivity contribution < 1.29 is 24.2 Å². The monoisotopic (exact) mass is 421 g/mol. The van der Waals surface area contributed by atoms with E-state index in [0.717, 1.165) is 5.56 Å². The molecular formula is C22H35N3O5. The highest BCUT2D eigenvalue weighted by atomic mass is 16.6. The lowest BCUT2D eigenvalue weighted by molar-refractivity contribution is -0.141. The molecule has 0 aliphatic carbocycles. The Morgan fingerprint density at radius 2 is 1.77 bits per heavy atom. The van der Waals surface area contributed by atoms with Crippen LogP contribution < -0.4 is 10.6 Å². The standard InChI is InChI=1S/C22H35N3O5/c1-15-9-8-10-16(13-15)18(19(28)24-21(2,3)4)25(11-12-26)17(27)14-23-20(29)30-22(5,6)7/h8-10,13,18,26H,11-12,14H2,1-7H3,(H,23,29)(H,24,28). The maximum absolute atomic E-state index is 13.1. The van der Waals surface area contributed by atoms with Gasteiger partial charge >= 0.3 is 6.09 Å². The molecule has 168 valence electrons. The number of ether oxygens (including phenoxy) is 1. The molecule has 1 aromatic carbocycles. The minimum absolute atomic E-state index is 0.0645. The molecule has 0 saturated heterocycles. The molecule has 0 heterocycles. The molecular weight excluding hydrogens is 386 g/mol. The molecule has 1 unspecified atom stereocenters. The number of rotatable bonds is 7. The Hall–Kier alpha value is -2.61. The van der Waals surface area contributed by atoms with Crippen LogP contribution >= 0.6 is 0 Å². The Kier molecular flexibility index (Phi) is 8.84. The number of carbonyl (C=O) groups is 3. The fourth-order valence-electron chi connectivity index (χ4n) is 2.82. The van der Waals surface area contributed by atoms with Crippen molar-refractivity contribution in [1.82, 2.24) is 15.5 Å². The van der Waals surface area contributed by atoms with Crippen LogP contribution in [0.4, 0.5) is 4.79 Å². The smallest absolute Gasteiger partial charge is 0.408 e. The molecule has 0 radical (unpaired) electrons. The summed E-state index contributed by atoms with van der Waals surface area (Å²) in [5.41, 5.74) is 0.344. The maximum atomic E-state index is 13.1. The third-order valence-corrected chi connectivity index (χ3v) is 3.86. The van der Waals surface area contributed by atoms with Gasteiger partial charge in [0, 0.05) is 12.1 Å². The lowest BCUT2D eigenvalue weighted by Crippen LogP contribution is -2.51. The maximum Gasteiger partial charge on any atom is 0.408 e. The third-order valence-electron chi connectivity index (χ3n) is 3.86. The van der Waals surface area contributed by atoms with Gasteiger partial charge in [-0.2, -0.15) is 0 Å². The van der Waals surface area contributed by atoms with Gasteiger partial charge in [0.05, 0.1) is 6.61 Å². The number of aryl methyl sites for hydroxylation is 1. The molecule has 0 aromatic heterocycles. The summed E-state index contributed by atoms with van der Waals surface area (Å²) in [5.74, 6) is -0.877. The number of nitrogens with one attached hydrogen (secondary N) is 2. The largest absolute Gasteiger partial charge is 0.444 e. The van der Waals surface area contributed by atoms with Crippen molar-refractivity contribution in [1.29, 1.82) is 0 Å². The molecule has 3 amide bonds. The topological polar surface area (TPSA) is 108 Å². The number of nitrogens with zero attached hydrogens (tertiary/aromatic N) is 1. The van der Waals surface area contributed by atoms with Crippen LogP contribution in [0.1, 0.15) is 58.7 Å². The first-order valence-corrected chi connectivity index (χ1v) is 9.99. The number of benzene rings is 1. The lowest BCUT2D eigenvalue weighted by atomic mass is 10.00. The first kappa shape index (κ1) is 25.4. The van der Waals surface area contributed by atoms with Crippen molar-refractivity contribution in [3.05, 3.63) is 35.4 Å². The fourth-order valence-corrected chi connectivity index (χ4v) is 2.82. The number of carbonyl (C=O) groups excluding carboxylic acids is 3. The van der Waals surface area contributed by atoms with Crippen molar-refractivity contribution >= 4 is 17.9 Å². The minimum atomic E-state index is -0.954. The second-order valence-electron chi connectivity index (χ2n) is 9.22. The van der Waals surface area contributed by atoms with Crippen molar-refractivity contribution in [2.24, 2.45) is 0 Å². The zero-order valence-corrected chi connectivity index (χ0v) is 19.0. The van der Waals surface area contributed by atoms with Gasteiger partial charge in [-0.15, -0.1) is 0 Å². The highest BCUT2D eigenvalue weighted by Crippen LogP contribution is 2.23. The van der Waals surface area contributed by atoms with E-state index in [9.17, 15) is 19.5 Å². The Balaban J connectivity index is 3.15. The van der Waals surface area contributed by atoms with Gasteiger partial charge in [0.15, 0.2) is 0 Å². The molecule has 1 rings (SSSR count). The second kappa shape index (κ2) is 10.4. The molecule has 0 fully saturated rings. The van der Waals surface area contributed by atoms with Gasteiger partial charge in [-0.25, -0.2) is 4.79 Å². The SMILES string of the molecule is Cc1cccc(C(C(=O)NC(C)(C)C)N(CCO)C(=O)CNC(=O)OC(C)(C)C)c1. The molecule has 0 aliphatic rings. The molecule has 0 bridgehead atoms. The van der Waals surface area contributed by atoms with Crippen molar-refractivity contribution in [2.75, 3.05) is 19.7 Å². The van der Waals surface area contributed by atoms with Crippen LogP contribution in [0.5, 0.6) is 0 Å². The predicted molar refractivity (Wildman–Crippen MR) is 115 cm³/mol. The predicted octanol–water partition coefficient (Wildman–Crippen LogP) is 2.30. The van der Waals surface area contributed by atoms with Crippen LogP contribution in [0.2, 0.25) is 0 Å². The molecule has 0 saturated carbocycles. The third kappa shape index (κ3) is 8.82. The van der Waals surface area contributed by atoms with Gasteiger partial charge < -0.3 is 25.4 Å². The van der Waals surface area contributed by atoms with Gasteiger partial charge in [0.2, 0.25) is 11.8 Å². The van der Waals surface area contributed by atoms with Gasteiger partial charge in [-0.05, 0) is 54.0 Å². The Morgan fingerprint density at radius 1 is 1.13 bits per heavy atom. The first-order chi connectivity index (χ1) is 13.7. The Bertz CT molecular complexity index is 750. The van der Waals surface area contributed by atoms with Crippen LogP contribution in [0, 0.1) is 6.92 Å². The van der Waals surface area contributed by atoms with E-state index in [0.29, 0.717) is 5.56 Å². The van der Waals surface area contributed by atoms with E-state index in [2.05, 4.69) is 10.6 Å². The number of alkyl carbamates (subject to hydrolysis) is 1. The van der Waals surface area contributed by atoms with E-state index in [1.807, 2.05) is 45.9 Å². The zero-order chi connectivity index (χ0) is 23.1. The van der Waals surface area contributed by atoms with Gasteiger partial charge in [0.25, 0.3) is 0 Å². The van der Waals surface area contributed by atoms with Crippen molar-refractivity contribution in [3.63, 3.8) is 0 Å². The number of hydrogen-bond acceptors (Lipinski definition) is 5. The first-order valence-electron chi connectivity index (χ1n) is 9.99. The van der Waals surface area contributed by atoms with Crippen LogP contribution in [0.3, 0.4) is 0 Å². The second-order valence-corrected chi connectivity index (χ2v) is 9.22. The minimum Gasteiger partial charge on any atom is -0.444 e. The molecule has 1 aromatic rings. The van der Waals surface area contributed by atoms with Crippen LogP contribution in [-0.2, 0) is 14.3 Å². The number of amides is 3. The summed E-state index contributed by atoms with van der Waals surface area (Å²) in [6.45, 7) is 11.8. The molecule has 1 atom stereocenters. The van der Waals surface area contributed by atoms with E-state index in [1.54, 1.807) is 26.8 Å². The summed E-state index contributed by atoms with van der Waals surface area (Å²) in [6, 6.07) is 6.34.